The highest BCUT2D eigenvalue weighted by molar-refractivity contribution is 5.76. The highest BCUT2D eigenvalue weighted by Crippen LogP contribution is 2.42. The molecule has 2 aliphatic rings. The highest BCUT2D eigenvalue weighted by atomic mass is 16.5. The van der Waals surface area contributed by atoms with Crippen molar-refractivity contribution in [3.05, 3.63) is 48.3 Å². The number of carboxylic acids is 1. The van der Waals surface area contributed by atoms with Crippen molar-refractivity contribution in [2.45, 2.75) is 13.0 Å². The predicted octanol–water partition coefficient (Wildman–Crippen LogP) is 1.80. The Balaban J connectivity index is 1.47. The van der Waals surface area contributed by atoms with Gasteiger partial charge in [0.25, 0.3) is 0 Å². The molecule has 0 spiro atoms. The standard InChI is InChI=1S/C18H21N3O3/c22-17(23)18-12-20(11-15(18)6-9-24-13-18)10-14-2-4-16(5-3-14)21-8-1-7-19-21/h1-5,7-8,15H,6,9-13H2,(H,22,23)/t15-,18+/m0/s1. The van der Waals surface area contributed by atoms with Crippen LogP contribution in [0.15, 0.2) is 42.7 Å². The van der Waals surface area contributed by atoms with Gasteiger partial charge in [-0.05, 0) is 36.1 Å². The molecule has 4 rings (SSSR count). The van der Waals surface area contributed by atoms with Crippen LogP contribution in [-0.4, -0.2) is 52.1 Å². The predicted molar refractivity (Wildman–Crippen MR) is 87.8 cm³/mol. The quantitative estimate of drug-likeness (QED) is 0.927. The second kappa shape index (κ2) is 6.03. The Hall–Kier alpha value is -2.18. The molecule has 0 radical (unpaired) electrons. The summed E-state index contributed by atoms with van der Waals surface area (Å²) in [6, 6.07) is 10.2. The minimum Gasteiger partial charge on any atom is -0.481 e. The third kappa shape index (κ3) is 2.61. The summed E-state index contributed by atoms with van der Waals surface area (Å²) < 4.78 is 7.31. The number of nitrogens with zero attached hydrogens (tertiary/aromatic N) is 3. The molecule has 1 N–H and O–H groups in total. The largest absolute Gasteiger partial charge is 0.481 e. The molecule has 24 heavy (non-hydrogen) atoms. The van der Waals surface area contributed by atoms with E-state index in [0.717, 1.165) is 25.2 Å². The van der Waals surface area contributed by atoms with Crippen molar-refractivity contribution in [2.24, 2.45) is 11.3 Å². The normalized spacial score (nSPS) is 27.1. The van der Waals surface area contributed by atoms with E-state index in [2.05, 4.69) is 22.1 Å². The summed E-state index contributed by atoms with van der Waals surface area (Å²) in [6.45, 7) is 3.17. The number of fused-ring (bicyclic) bond motifs is 1. The van der Waals surface area contributed by atoms with Crippen molar-refractivity contribution in [1.82, 2.24) is 14.7 Å². The summed E-state index contributed by atoms with van der Waals surface area (Å²) in [4.78, 5) is 14.1. The van der Waals surface area contributed by atoms with Crippen LogP contribution in [-0.2, 0) is 16.1 Å². The first-order chi connectivity index (χ1) is 11.7. The van der Waals surface area contributed by atoms with Gasteiger partial charge in [0.2, 0.25) is 0 Å². The zero-order valence-corrected chi connectivity index (χ0v) is 13.5. The van der Waals surface area contributed by atoms with Gasteiger partial charge in [-0.15, -0.1) is 0 Å². The first kappa shape index (κ1) is 15.4. The average Bonchev–Trinajstić information content (AvgIpc) is 3.23. The molecule has 2 aliphatic heterocycles. The van der Waals surface area contributed by atoms with Crippen molar-refractivity contribution >= 4 is 5.97 Å². The number of aliphatic carboxylic acids is 1. The third-order valence-corrected chi connectivity index (χ3v) is 5.27. The summed E-state index contributed by atoms with van der Waals surface area (Å²) in [5, 5.41) is 13.9. The summed E-state index contributed by atoms with van der Waals surface area (Å²) in [5.74, 6) is -0.532. The zero-order valence-electron chi connectivity index (χ0n) is 13.5. The summed E-state index contributed by atoms with van der Waals surface area (Å²) in [7, 11) is 0. The van der Waals surface area contributed by atoms with E-state index in [1.54, 1.807) is 6.20 Å². The van der Waals surface area contributed by atoms with Crippen LogP contribution >= 0.6 is 0 Å². The topological polar surface area (TPSA) is 67.6 Å². The van der Waals surface area contributed by atoms with E-state index in [0.29, 0.717) is 19.8 Å². The molecule has 0 saturated carbocycles. The first-order valence-electron chi connectivity index (χ1n) is 8.30. The fourth-order valence-corrected chi connectivity index (χ4v) is 3.95. The van der Waals surface area contributed by atoms with Crippen LogP contribution in [0.2, 0.25) is 0 Å². The van der Waals surface area contributed by atoms with E-state index < -0.39 is 11.4 Å². The first-order valence-corrected chi connectivity index (χ1v) is 8.30. The molecule has 0 aliphatic carbocycles. The molecule has 126 valence electrons. The molecule has 0 unspecified atom stereocenters. The maximum Gasteiger partial charge on any atom is 0.313 e. The van der Waals surface area contributed by atoms with Gasteiger partial charge in [0, 0.05) is 38.6 Å². The van der Waals surface area contributed by atoms with Crippen molar-refractivity contribution in [1.29, 1.82) is 0 Å². The lowest BCUT2D eigenvalue weighted by Gasteiger charge is -2.34. The third-order valence-electron chi connectivity index (χ3n) is 5.27. The van der Waals surface area contributed by atoms with Gasteiger partial charge < -0.3 is 9.84 Å². The Bertz CT molecular complexity index is 714. The van der Waals surface area contributed by atoms with Crippen molar-refractivity contribution in [3.63, 3.8) is 0 Å². The van der Waals surface area contributed by atoms with E-state index in [-0.39, 0.29) is 5.92 Å². The lowest BCUT2D eigenvalue weighted by Crippen LogP contribution is -2.46. The second-order valence-corrected chi connectivity index (χ2v) is 6.79. The maximum absolute atomic E-state index is 11.8. The van der Waals surface area contributed by atoms with Crippen LogP contribution < -0.4 is 0 Å². The van der Waals surface area contributed by atoms with E-state index in [1.165, 1.54) is 5.56 Å². The van der Waals surface area contributed by atoms with Crippen LogP contribution in [0, 0.1) is 11.3 Å². The van der Waals surface area contributed by atoms with Gasteiger partial charge >= 0.3 is 5.97 Å². The van der Waals surface area contributed by atoms with Crippen LogP contribution in [0.1, 0.15) is 12.0 Å². The van der Waals surface area contributed by atoms with Gasteiger partial charge in [0.15, 0.2) is 0 Å². The average molecular weight is 327 g/mol. The molecule has 2 saturated heterocycles. The summed E-state index contributed by atoms with van der Waals surface area (Å²) in [6.07, 6.45) is 4.51. The highest BCUT2D eigenvalue weighted by Gasteiger charge is 2.53. The van der Waals surface area contributed by atoms with Gasteiger partial charge in [-0.2, -0.15) is 5.10 Å². The molecule has 1 aromatic heterocycles. The molecule has 2 fully saturated rings. The number of carbonyl (C=O) groups is 1. The van der Waals surface area contributed by atoms with Crippen LogP contribution in [0.3, 0.4) is 0 Å². The molecular weight excluding hydrogens is 306 g/mol. The van der Waals surface area contributed by atoms with Crippen molar-refractivity contribution in [3.8, 4) is 5.69 Å². The molecule has 2 aromatic rings. The molecule has 0 bridgehead atoms. The van der Waals surface area contributed by atoms with Crippen molar-refractivity contribution < 1.29 is 14.6 Å². The van der Waals surface area contributed by atoms with Crippen LogP contribution in [0.4, 0.5) is 0 Å². The second-order valence-electron chi connectivity index (χ2n) is 6.79. The smallest absolute Gasteiger partial charge is 0.313 e. The SMILES string of the molecule is O=C(O)[C@]12COCC[C@H]1CN(Cc1ccc(-n3cccn3)cc1)C2. The Morgan fingerprint density at radius 1 is 1.38 bits per heavy atom. The van der Waals surface area contributed by atoms with Gasteiger partial charge in [-0.25, -0.2) is 4.68 Å². The molecular formula is C18H21N3O3. The number of carboxylic acid groups (broad SMARTS) is 1. The number of aromatic nitrogens is 2. The summed E-state index contributed by atoms with van der Waals surface area (Å²) in [5.41, 5.74) is 1.48. The van der Waals surface area contributed by atoms with E-state index >= 15 is 0 Å². The Labute approximate surface area is 140 Å². The Kier molecular flexibility index (Phi) is 3.86. The fourth-order valence-electron chi connectivity index (χ4n) is 3.95. The minimum atomic E-state index is -0.729. The lowest BCUT2D eigenvalue weighted by molar-refractivity contribution is -0.159. The number of hydrogen-bond acceptors (Lipinski definition) is 4. The molecule has 0 amide bonds. The van der Waals surface area contributed by atoms with E-state index in [9.17, 15) is 9.90 Å². The van der Waals surface area contributed by atoms with Crippen LogP contribution in [0.25, 0.3) is 5.69 Å². The fraction of sp³-hybridized carbons (Fsp3) is 0.444. The number of ether oxygens (including phenoxy) is 1. The maximum atomic E-state index is 11.8. The molecule has 6 nitrogen and oxygen atoms in total. The number of rotatable bonds is 4. The number of likely N-dealkylation sites (tertiary alicyclic amines) is 1. The summed E-state index contributed by atoms with van der Waals surface area (Å²) >= 11 is 0. The molecule has 6 heteroatoms. The monoisotopic (exact) mass is 327 g/mol. The number of benzene rings is 1. The van der Waals surface area contributed by atoms with Gasteiger partial charge in [0.1, 0.15) is 5.41 Å². The zero-order chi connectivity index (χ0) is 16.6. The Morgan fingerprint density at radius 2 is 2.21 bits per heavy atom. The molecule has 2 atom stereocenters. The van der Waals surface area contributed by atoms with Crippen LogP contribution in [0.5, 0.6) is 0 Å². The van der Waals surface area contributed by atoms with Crippen molar-refractivity contribution in [2.75, 3.05) is 26.3 Å². The molecule has 3 heterocycles. The Morgan fingerprint density at radius 3 is 2.88 bits per heavy atom. The van der Waals surface area contributed by atoms with Gasteiger partial charge in [-0.3, -0.25) is 9.69 Å². The van der Waals surface area contributed by atoms with Gasteiger partial charge in [0.05, 0.1) is 12.3 Å². The van der Waals surface area contributed by atoms with E-state index in [4.69, 9.17) is 4.74 Å². The lowest BCUT2D eigenvalue weighted by atomic mass is 9.76. The minimum absolute atomic E-state index is 0.187. The van der Waals surface area contributed by atoms with Gasteiger partial charge in [-0.1, -0.05) is 12.1 Å². The van der Waals surface area contributed by atoms with E-state index in [1.807, 2.05) is 29.1 Å². The molecule has 1 aromatic carbocycles. The number of hydrogen-bond donors (Lipinski definition) is 1.